The molecule has 0 radical (unpaired) electrons. The van der Waals surface area contributed by atoms with Crippen molar-refractivity contribution in [1.29, 1.82) is 0 Å². The largest absolute Gasteiger partial charge is 0.373 e. The summed E-state index contributed by atoms with van der Waals surface area (Å²) in [7, 11) is 0. The Bertz CT molecular complexity index is 1070. The third kappa shape index (κ3) is 2.93. The van der Waals surface area contributed by atoms with Crippen molar-refractivity contribution in [1.82, 2.24) is 0 Å². The van der Waals surface area contributed by atoms with Crippen LogP contribution in [0.15, 0.2) is 30.3 Å². The van der Waals surface area contributed by atoms with E-state index in [1.165, 1.54) is 6.07 Å². The van der Waals surface area contributed by atoms with Crippen molar-refractivity contribution in [2.45, 2.75) is 64.1 Å². The molecule has 0 spiro atoms. The van der Waals surface area contributed by atoms with Gasteiger partial charge in [0.15, 0.2) is 23.2 Å². The number of ether oxygens (including phenoxy) is 1. The van der Waals surface area contributed by atoms with Gasteiger partial charge in [-0.05, 0) is 60.6 Å². The monoisotopic (exact) mass is 424 g/mol. The van der Waals surface area contributed by atoms with Crippen molar-refractivity contribution in [3.8, 4) is 0 Å². The molecule has 2 aromatic rings. The Kier molecular flexibility index (Phi) is 4.85. The van der Waals surface area contributed by atoms with Crippen LogP contribution in [-0.4, -0.2) is 23.8 Å². The summed E-state index contributed by atoms with van der Waals surface area (Å²) in [5.41, 5.74) is 4.79. The maximum atomic E-state index is 13.8. The topological polar surface area (TPSA) is 43.4 Å². The summed E-state index contributed by atoms with van der Waals surface area (Å²) in [6.45, 7) is 6.14. The lowest BCUT2D eigenvalue weighted by Crippen LogP contribution is -2.34. The van der Waals surface area contributed by atoms with Gasteiger partial charge in [0.2, 0.25) is 0 Å². The third-order valence-electron chi connectivity index (χ3n) is 7.50. The zero-order valence-electron chi connectivity index (χ0n) is 18.0. The molecule has 162 valence electrons. The minimum absolute atomic E-state index is 0.0283. The van der Waals surface area contributed by atoms with Crippen LogP contribution in [0.1, 0.15) is 59.9 Å². The molecule has 3 fully saturated rings. The second-order valence-corrected chi connectivity index (χ2v) is 9.15. The van der Waals surface area contributed by atoms with Crippen LogP contribution >= 0.6 is 0 Å². The van der Waals surface area contributed by atoms with Gasteiger partial charge in [-0.2, -0.15) is 0 Å². The van der Waals surface area contributed by atoms with Crippen LogP contribution in [0.2, 0.25) is 0 Å². The van der Waals surface area contributed by atoms with Gasteiger partial charge in [0.25, 0.3) is 0 Å². The number of halogens is 2. The fraction of sp³-hybridized carbons (Fsp3) is 0.462. The maximum Gasteiger partial charge on any atom is 0.159 e. The van der Waals surface area contributed by atoms with Gasteiger partial charge in [0, 0.05) is 5.92 Å². The summed E-state index contributed by atoms with van der Waals surface area (Å²) in [6.07, 6.45) is 1.28. The number of carbonyl (C=O) groups is 2. The van der Waals surface area contributed by atoms with E-state index in [2.05, 4.69) is 12.1 Å². The first-order valence-corrected chi connectivity index (χ1v) is 11.2. The molecule has 0 N–H and O–H groups in total. The van der Waals surface area contributed by atoms with Crippen LogP contribution in [0.25, 0.3) is 0 Å². The molecular weight excluding hydrogens is 398 g/mol. The van der Waals surface area contributed by atoms with E-state index in [9.17, 15) is 18.4 Å². The fourth-order valence-corrected chi connectivity index (χ4v) is 6.22. The Hall–Kier alpha value is -2.40. The van der Waals surface area contributed by atoms with Gasteiger partial charge in [-0.1, -0.05) is 37.6 Å². The minimum atomic E-state index is -0.900. The molecule has 2 bridgehead atoms. The van der Waals surface area contributed by atoms with Crippen LogP contribution in [0.5, 0.6) is 0 Å². The normalized spacial score (nSPS) is 31.5. The van der Waals surface area contributed by atoms with Crippen molar-refractivity contribution in [2.75, 3.05) is 0 Å². The molecule has 2 aromatic carbocycles. The number of carbonyl (C=O) groups excluding carboxylic acids is 2. The molecule has 3 nitrogen and oxygen atoms in total. The summed E-state index contributed by atoms with van der Waals surface area (Å²) >= 11 is 0. The van der Waals surface area contributed by atoms with E-state index in [0.717, 1.165) is 41.2 Å². The Morgan fingerprint density at radius 3 is 2.19 bits per heavy atom. The quantitative estimate of drug-likeness (QED) is 0.661. The van der Waals surface area contributed by atoms with Crippen LogP contribution in [-0.2, 0) is 27.2 Å². The lowest BCUT2D eigenvalue weighted by atomic mass is 9.73. The molecule has 0 amide bonds. The summed E-state index contributed by atoms with van der Waals surface area (Å²) in [5, 5.41) is 0. The van der Waals surface area contributed by atoms with E-state index in [-0.39, 0.29) is 23.6 Å². The van der Waals surface area contributed by atoms with E-state index < -0.39 is 35.5 Å². The Morgan fingerprint density at radius 1 is 0.935 bits per heavy atom. The molecule has 1 saturated carbocycles. The Labute approximate surface area is 180 Å². The summed E-state index contributed by atoms with van der Waals surface area (Å²) < 4.78 is 33.3. The highest BCUT2D eigenvalue weighted by atomic mass is 19.2. The molecule has 3 aliphatic rings. The lowest BCUT2D eigenvalue weighted by molar-refractivity contribution is -0.127. The highest BCUT2D eigenvalue weighted by Gasteiger charge is 2.66. The average molecular weight is 424 g/mol. The van der Waals surface area contributed by atoms with E-state index in [0.29, 0.717) is 12.0 Å². The molecule has 6 atom stereocenters. The number of hydrogen-bond acceptors (Lipinski definition) is 3. The molecule has 5 heteroatoms. The van der Waals surface area contributed by atoms with Gasteiger partial charge in [0.05, 0.1) is 24.0 Å². The predicted molar refractivity (Wildman–Crippen MR) is 112 cm³/mol. The zero-order chi connectivity index (χ0) is 22.0. The molecule has 1 aliphatic carbocycles. The average Bonchev–Trinajstić information content (AvgIpc) is 3.41. The molecular formula is C26H26F2O3. The standard InChI is InChI=1S/C26H26F2O3/c1-4-13-8-12(3)9-14(5-2)20(13)22-24(29)21-19-11-16(26(31-19)23(21)25(22)30)15-6-7-17(27)18(28)10-15/h6-10,16,19,21-23,26H,4-5,11H2,1-3H3/t16-,19-,21-,22?,23+,26+/m0/s1. The summed E-state index contributed by atoms with van der Waals surface area (Å²) in [5.74, 6) is -3.77. The van der Waals surface area contributed by atoms with Crippen LogP contribution in [0.4, 0.5) is 8.78 Å². The second kappa shape index (κ2) is 7.33. The number of fused-ring (bicyclic) bond motifs is 5. The number of benzene rings is 2. The number of Topliss-reactive ketones (excluding diaryl/α,β-unsaturated/α-hetero) is 2. The van der Waals surface area contributed by atoms with Crippen LogP contribution in [0.3, 0.4) is 0 Å². The first-order chi connectivity index (χ1) is 14.8. The zero-order valence-corrected chi connectivity index (χ0v) is 18.0. The lowest BCUT2D eigenvalue weighted by Gasteiger charge is -2.26. The summed E-state index contributed by atoms with van der Waals surface area (Å²) in [6, 6.07) is 8.04. The minimum Gasteiger partial charge on any atom is -0.373 e. The van der Waals surface area contributed by atoms with Crippen molar-refractivity contribution in [2.24, 2.45) is 11.8 Å². The Balaban J connectivity index is 1.53. The van der Waals surface area contributed by atoms with Crippen molar-refractivity contribution >= 4 is 11.6 Å². The van der Waals surface area contributed by atoms with Crippen molar-refractivity contribution in [3.63, 3.8) is 0 Å². The van der Waals surface area contributed by atoms with E-state index in [1.807, 2.05) is 20.8 Å². The number of ketones is 2. The number of hydrogen-bond donors (Lipinski definition) is 0. The van der Waals surface area contributed by atoms with Crippen molar-refractivity contribution in [3.05, 3.63) is 69.8 Å². The van der Waals surface area contributed by atoms with Crippen LogP contribution < -0.4 is 0 Å². The number of rotatable bonds is 4. The smallest absolute Gasteiger partial charge is 0.159 e. The SMILES string of the molecule is CCc1cc(C)cc(CC)c1C1C(=O)[C@@H]2[C@@H]3O[C@@H](C[C@H]3c3ccc(F)c(F)c3)[C@@H]2C1=O. The van der Waals surface area contributed by atoms with Crippen LogP contribution in [0, 0.1) is 30.4 Å². The first-order valence-electron chi connectivity index (χ1n) is 11.2. The highest BCUT2D eigenvalue weighted by Crippen LogP contribution is 2.57. The van der Waals surface area contributed by atoms with E-state index >= 15 is 0 Å². The molecule has 2 heterocycles. The molecule has 5 rings (SSSR count). The molecule has 0 aromatic heterocycles. The van der Waals surface area contributed by atoms with Gasteiger partial charge in [0.1, 0.15) is 5.92 Å². The van der Waals surface area contributed by atoms with Gasteiger partial charge >= 0.3 is 0 Å². The molecule has 2 saturated heterocycles. The first kappa shape index (κ1) is 20.5. The summed E-state index contributed by atoms with van der Waals surface area (Å²) in [4.78, 5) is 27.2. The molecule has 2 aliphatic heterocycles. The number of aryl methyl sites for hydroxylation is 3. The van der Waals surface area contributed by atoms with Gasteiger partial charge < -0.3 is 4.74 Å². The Morgan fingerprint density at radius 2 is 1.58 bits per heavy atom. The fourth-order valence-electron chi connectivity index (χ4n) is 6.22. The van der Waals surface area contributed by atoms with Gasteiger partial charge in [-0.25, -0.2) is 8.78 Å². The highest BCUT2D eigenvalue weighted by molar-refractivity contribution is 6.17. The van der Waals surface area contributed by atoms with E-state index in [4.69, 9.17) is 4.74 Å². The van der Waals surface area contributed by atoms with Gasteiger partial charge in [-0.15, -0.1) is 0 Å². The predicted octanol–water partition coefficient (Wildman–Crippen LogP) is 4.82. The molecule has 31 heavy (non-hydrogen) atoms. The maximum absolute atomic E-state index is 13.8. The molecule has 1 unspecified atom stereocenters. The van der Waals surface area contributed by atoms with E-state index in [1.54, 1.807) is 6.07 Å². The third-order valence-corrected chi connectivity index (χ3v) is 7.50. The van der Waals surface area contributed by atoms with Gasteiger partial charge in [-0.3, -0.25) is 9.59 Å². The van der Waals surface area contributed by atoms with Crippen molar-refractivity contribution < 1.29 is 23.1 Å². The second-order valence-electron chi connectivity index (χ2n) is 9.15.